The minimum Gasteiger partial charge on any atom is -1.00 e. The Labute approximate surface area is 217 Å². The van der Waals surface area contributed by atoms with Crippen molar-refractivity contribution in [2.24, 2.45) is 0 Å². The molecular weight excluding hydrogens is 535 g/mol. The van der Waals surface area contributed by atoms with Gasteiger partial charge >= 0.3 is 194 Å². The van der Waals surface area contributed by atoms with Crippen molar-refractivity contribution >= 4 is 19.2 Å². The molecule has 0 N–H and O–H groups in total. The Hall–Kier alpha value is -0.480. The van der Waals surface area contributed by atoms with Gasteiger partial charge < -0.3 is 24.8 Å². The summed E-state index contributed by atoms with van der Waals surface area (Å²) in [4.78, 5) is 0. The summed E-state index contributed by atoms with van der Waals surface area (Å²) in [5, 5.41) is 1.85. The molecule has 2 aliphatic carbocycles. The monoisotopic (exact) mass is 562 g/mol. The Morgan fingerprint density at radius 3 is 2.22 bits per heavy atom. The van der Waals surface area contributed by atoms with Crippen molar-refractivity contribution in [3.05, 3.63) is 82.1 Å². The fourth-order valence-electron chi connectivity index (χ4n) is 6.06. The van der Waals surface area contributed by atoms with Crippen molar-refractivity contribution in [2.75, 3.05) is 27.4 Å². The SMILES string of the molecule is COCCC1=C[C]2([Zr+2][CH]3C(=C(CCOC)c4ccccc43)[Si]2(C)C)c2ccccc21.[Cl-].[Cl-]. The average molecular weight is 565 g/mol. The first kappa shape index (κ1) is 26.1. The number of methoxy groups -OCH3 is 2. The van der Waals surface area contributed by atoms with E-state index in [0.717, 1.165) is 29.7 Å². The van der Waals surface area contributed by atoms with Crippen LogP contribution in [0.5, 0.6) is 0 Å². The first-order chi connectivity index (χ1) is 14.5. The molecule has 2 unspecified atom stereocenters. The van der Waals surface area contributed by atoms with Crippen LogP contribution in [0.4, 0.5) is 0 Å². The summed E-state index contributed by atoms with van der Waals surface area (Å²) in [5.74, 6) is 0. The van der Waals surface area contributed by atoms with E-state index in [-0.39, 0.29) is 24.8 Å². The van der Waals surface area contributed by atoms with Gasteiger partial charge in [0.05, 0.1) is 0 Å². The molecule has 0 bridgehead atoms. The molecule has 1 aliphatic heterocycles. The van der Waals surface area contributed by atoms with Gasteiger partial charge in [0.25, 0.3) is 0 Å². The van der Waals surface area contributed by atoms with E-state index in [4.69, 9.17) is 9.47 Å². The van der Waals surface area contributed by atoms with E-state index >= 15 is 0 Å². The fourth-order valence-corrected chi connectivity index (χ4v) is 22.2. The second-order valence-electron chi connectivity index (χ2n) is 9.19. The van der Waals surface area contributed by atoms with Crippen LogP contribution in [0, 0.1) is 0 Å². The molecular formula is C26H30Cl2O2SiZr. The van der Waals surface area contributed by atoms with Gasteiger partial charge in [-0.15, -0.1) is 0 Å². The molecule has 0 saturated carbocycles. The predicted molar refractivity (Wildman–Crippen MR) is 123 cm³/mol. The molecule has 1 spiro atoms. The maximum Gasteiger partial charge on any atom is -1.00 e. The normalized spacial score (nSPS) is 23.4. The minimum absolute atomic E-state index is 0. The van der Waals surface area contributed by atoms with Crippen molar-refractivity contribution in [1.82, 2.24) is 0 Å². The number of halogens is 2. The average Bonchev–Trinajstić information content (AvgIpc) is 3.33. The van der Waals surface area contributed by atoms with E-state index in [0.29, 0.717) is 2.75 Å². The maximum absolute atomic E-state index is 5.54. The molecule has 2 aromatic carbocycles. The summed E-state index contributed by atoms with van der Waals surface area (Å²) in [5.41, 5.74) is 9.46. The third-order valence-electron chi connectivity index (χ3n) is 7.46. The molecule has 0 radical (unpaired) electrons. The summed E-state index contributed by atoms with van der Waals surface area (Å²) >= 11 is -0.815. The van der Waals surface area contributed by atoms with Gasteiger partial charge in [-0.2, -0.15) is 0 Å². The fraction of sp³-hybridized carbons (Fsp3) is 0.385. The summed E-state index contributed by atoms with van der Waals surface area (Å²) in [6.07, 6.45) is 4.82. The summed E-state index contributed by atoms with van der Waals surface area (Å²) in [7, 11) is 1.90. The van der Waals surface area contributed by atoms with Crippen LogP contribution in [0.15, 0.2) is 59.8 Å². The Bertz CT molecular complexity index is 1070. The smallest absolute Gasteiger partial charge is 1.00 e. The van der Waals surface area contributed by atoms with Gasteiger partial charge in [0.1, 0.15) is 0 Å². The Morgan fingerprint density at radius 2 is 1.50 bits per heavy atom. The molecule has 6 heteroatoms. The van der Waals surface area contributed by atoms with Gasteiger partial charge in [0.15, 0.2) is 0 Å². The molecule has 0 aromatic heterocycles. The Balaban J connectivity index is 0.00000144. The number of rotatable bonds is 6. The maximum atomic E-state index is 5.54. The first-order valence-electron chi connectivity index (χ1n) is 10.9. The van der Waals surface area contributed by atoms with E-state index < -0.39 is 31.3 Å². The van der Waals surface area contributed by atoms with Gasteiger partial charge in [0, 0.05) is 0 Å². The number of hydrogen-bond acceptors (Lipinski definition) is 2. The molecule has 32 heavy (non-hydrogen) atoms. The summed E-state index contributed by atoms with van der Waals surface area (Å²) in [6, 6.07) is 18.5. The second-order valence-corrected chi connectivity index (χ2v) is 19.1. The molecule has 1 saturated heterocycles. The van der Waals surface area contributed by atoms with E-state index in [2.05, 4.69) is 67.7 Å². The molecule has 1 fully saturated rings. The van der Waals surface area contributed by atoms with Crippen molar-refractivity contribution in [3.63, 3.8) is 0 Å². The topological polar surface area (TPSA) is 18.5 Å². The molecule has 1 heterocycles. The predicted octanol–water partition coefficient (Wildman–Crippen LogP) is -0.249. The van der Waals surface area contributed by atoms with Gasteiger partial charge in [-0.25, -0.2) is 0 Å². The van der Waals surface area contributed by atoms with Crippen LogP contribution in [0.1, 0.15) is 38.7 Å². The van der Waals surface area contributed by atoms with E-state index in [1.165, 1.54) is 16.7 Å². The van der Waals surface area contributed by atoms with Crippen LogP contribution >= 0.6 is 0 Å². The molecule has 168 valence electrons. The van der Waals surface area contributed by atoms with Crippen molar-refractivity contribution in [2.45, 2.75) is 32.3 Å². The number of hydrogen-bond donors (Lipinski definition) is 0. The quantitative estimate of drug-likeness (QED) is 0.451. The van der Waals surface area contributed by atoms with Crippen LogP contribution < -0.4 is 24.8 Å². The third-order valence-corrected chi connectivity index (χ3v) is 22.3. The molecule has 3 aliphatic rings. The van der Waals surface area contributed by atoms with Crippen LogP contribution in [-0.2, 0) is 35.5 Å². The molecule has 2 aromatic rings. The summed E-state index contributed by atoms with van der Waals surface area (Å²) < 4.78 is 12.1. The molecule has 2 atom stereocenters. The number of fused-ring (bicyclic) bond motifs is 5. The zero-order valence-corrected chi connectivity index (χ0v) is 24.1. The van der Waals surface area contributed by atoms with Crippen molar-refractivity contribution in [3.8, 4) is 0 Å². The summed E-state index contributed by atoms with van der Waals surface area (Å²) in [6.45, 7) is 6.94. The number of benzene rings is 2. The van der Waals surface area contributed by atoms with Crippen molar-refractivity contribution < 1.29 is 57.5 Å². The van der Waals surface area contributed by atoms with Crippen LogP contribution in [0.2, 0.25) is 13.1 Å². The van der Waals surface area contributed by atoms with Crippen LogP contribution in [0.25, 0.3) is 11.1 Å². The minimum atomic E-state index is -1.75. The van der Waals surface area contributed by atoms with Crippen LogP contribution in [0.3, 0.4) is 0 Å². The number of ether oxygens (including phenoxy) is 2. The van der Waals surface area contributed by atoms with E-state index in [1.54, 1.807) is 16.7 Å². The van der Waals surface area contributed by atoms with E-state index in [9.17, 15) is 0 Å². The molecule has 2 nitrogen and oxygen atoms in total. The standard InChI is InChI=1S/C26H30O2Si.2ClH.Zr/c1-27-15-13-20-18-25(23-12-8-7-11-22(20)23)29(3,4)26-17-19-9-5-6-10-21(19)24(26)14-16-28-2;;;/h5-12,17-18H,13-16H2,1-4H3;2*1H;/q;;;+2/p-2. The van der Waals surface area contributed by atoms with Gasteiger partial charge in [-0.1, -0.05) is 0 Å². The largest absolute Gasteiger partial charge is 1.00 e. The van der Waals surface area contributed by atoms with Gasteiger partial charge in [0.2, 0.25) is 0 Å². The Morgan fingerprint density at radius 1 is 0.875 bits per heavy atom. The van der Waals surface area contributed by atoms with Crippen molar-refractivity contribution in [1.29, 1.82) is 0 Å². The molecule has 5 rings (SSSR count). The zero-order chi connectivity index (χ0) is 20.9. The van der Waals surface area contributed by atoms with Gasteiger partial charge in [-0.3, -0.25) is 0 Å². The zero-order valence-electron chi connectivity index (χ0n) is 19.2. The second kappa shape index (κ2) is 10.0. The Kier molecular flexibility index (Phi) is 8.18. The first-order valence-corrected chi connectivity index (χ1v) is 16.6. The molecule has 0 amide bonds. The van der Waals surface area contributed by atoms with Crippen LogP contribution in [-0.4, -0.2) is 35.5 Å². The van der Waals surface area contributed by atoms with Gasteiger partial charge in [-0.05, 0) is 0 Å². The number of allylic oxidation sites excluding steroid dienone is 2. The third kappa shape index (κ3) is 3.70. The van der Waals surface area contributed by atoms with E-state index in [1.807, 2.05) is 19.4 Å².